The lowest BCUT2D eigenvalue weighted by Crippen LogP contribution is -2.50. The number of hydrogen-bond donors (Lipinski definition) is 2. The topological polar surface area (TPSA) is 72.6 Å². The van der Waals surface area contributed by atoms with Crippen molar-refractivity contribution in [1.82, 2.24) is 0 Å². The van der Waals surface area contributed by atoms with Crippen molar-refractivity contribution in [3.63, 3.8) is 0 Å². The molecule has 4 nitrogen and oxygen atoms in total. The first-order valence-corrected chi connectivity index (χ1v) is 10.7. The fourth-order valence-electron chi connectivity index (χ4n) is 5.54. The van der Waals surface area contributed by atoms with Gasteiger partial charge in [0.25, 0.3) is 5.91 Å². The van der Waals surface area contributed by atoms with Gasteiger partial charge < -0.3 is 15.6 Å². The molecule has 2 aliphatic rings. The lowest BCUT2D eigenvalue weighted by molar-refractivity contribution is -0.119. The molecule has 0 radical (unpaired) electrons. The highest BCUT2D eigenvalue weighted by atomic mass is 16.5. The minimum atomic E-state index is -0.887. The van der Waals surface area contributed by atoms with Gasteiger partial charge in [0, 0.05) is 5.41 Å². The van der Waals surface area contributed by atoms with Crippen LogP contribution in [-0.4, -0.2) is 23.2 Å². The normalized spacial score (nSPS) is 27.2. The molecule has 2 aromatic rings. The van der Waals surface area contributed by atoms with Crippen molar-refractivity contribution in [2.24, 2.45) is 11.7 Å². The SMILES string of the molecule is CC#C[C@@]1(O)CC[C@@]2(Cc3ccccc3)c3ccc(OCC(N)=O)cc3CC[C@@H]2C1. The van der Waals surface area contributed by atoms with Crippen molar-refractivity contribution < 1.29 is 14.6 Å². The van der Waals surface area contributed by atoms with E-state index in [4.69, 9.17) is 10.5 Å². The number of aryl methyl sites for hydroxylation is 1. The van der Waals surface area contributed by atoms with E-state index in [-0.39, 0.29) is 12.0 Å². The molecule has 0 bridgehead atoms. The quantitative estimate of drug-likeness (QED) is 0.750. The minimum absolute atomic E-state index is 0.0290. The van der Waals surface area contributed by atoms with Crippen LogP contribution in [0.4, 0.5) is 0 Å². The van der Waals surface area contributed by atoms with Crippen molar-refractivity contribution in [1.29, 1.82) is 0 Å². The van der Waals surface area contributed by atoms with Gasteiger partial charge in [0.1, 0.15) is 11.4 Å². The summed E-state index contributed by atoms with van der Waals surface area (Å²) in [5.74, 6) is 6.58. The van der Waals surface area contributed by atoms with Crippen molar-refractivity contribution in [2.45, 2.75) is 56.5 Å². The summed E-state index contributed by atoms with van der Waals surface area (Å²) in [4.78, 5) is 11.1. The van der Waals surface area contributed by atoms with Crippen LogP contribution in [0.5, 0.6) is 5.75 Å². The van der Waals surface area contributed by atoms with Gasteiger partial charge in [-0.1, -0.05) is 42.3 Å². The maximum Gasteiger partial charge on any atom is 0.255 e. The Kier molecular flexibility index (Phi) is 5.58. The van der Waals surface area contributed by atoms with Gasteiger partial charge in [0.05, 0.1) is 0 Å². The lowest BCUT2D eigenvalue weighted by Gasteiger charge is -2.52. The largest absolute Gasteiger partial charge is 0.484 e. The molecule has 4 heteroatoms. The predicted octanol–water partition coefficient (Wildman–Crippen LogP) is 3.53. The number of carbonyl (C=O) groups is 1. The van der Waals surface area contributed by atoms with Crippen LogP contribution in [-0.2, 0) is 23.1 Å². The van der Waals surface area contributed by atoms with E-state index in [0.717, 1.165) is 25.7 Å². The molecule has 2 aliphatic carbocycles. The van der Waals surface area contributed by atoms with Crippen LogP contribution in [0, 0.1) is 17.8 Å². The Morgan fingerprint density at radius 2 is 2.03 bits per heavy atom. The number of ether oxygens (including phenoxy) is 1. The van der Waals surface area contributed by atoms with Crippen molar-refractivity contribution in [2.75, 3.05) is 6.61 Å². The maximum absolute atomic E-state index is 11.1. The number of rotatable bonds is 5. The summed E-state index contributed by atoms with van der Waals surface area (Å²) in [7, 11) is 0. The predicted molar refractivity (Wildman–Crippen MR) is 117 cm³/mol. The highest BCUT2D eigenvalue weighted by Crippen LogP contribution is 2.54. The molecule has 1 fully saturated rings. The van der Waals surface area contributed by atoms with Gasteiger partial charge in [-0.3, -0.25) is 4.79 Å². The van der Waals surface area contributed by atoms with Crippen molar-refractivity contribution in [3.8, 4) is 17.6 Å². The van der Waals surface area contributed by atoms with Crippen LogP contribution in [0.1, 0.15) is 49.3 Å². The monoisotopic (exact) mass is 403 g/mol. The number of aliphatic hydroxyl groups is 1. The first kappa shape index (κ1) is 20.5. The van der Waals surface area contributed by atoms with E-state index >= 15 is 0 Å². The molecule has 0 aliphatic heterocycles. The molecule has 156 valence electrons. The van der Waals surface area contributed by atoms with Crippen LogP contribution in [0.3, 0.4) is 0 Å². The Bertz CT molecular complexity index is 990. The molecule has 1 saturated carbocycles. The summed E-state index contributed by atoms with van der Waals surface area (Å²) in [6.45, 7) is 1.69. The molecular formula is C26H29NO3. The van der Waals surface area contributed by atoms with Gasteiger partial charge in [-0.25, -0.2) is 0 Å². The number of fused-ring (bicyclic) bond motifs is 3. The summed E-state index contributed by atoms with van der Waals surface area (Å²) in [6.07, 6.45) is 5.16. The molecule has 2 aromatic carbocycles. The summed E-state index contributed by atoms with van der Waals surface area (Å²) in [5.41, 5.74) is 8.25. The highest BCUT2D eigenvalue weighted by Gasteiger charge is 2.51. The van der Waals surface area contributed by atoms with E-state index in [1.54, 1.807) is 6.92 Å². The summed E-state index contributed by atoms with van der Waals surface area (Å²) in [5, 5.41) is 11.1. The molecule has 30 heavy (non-hydrogen) atoms. The van der Waals surface area contributed by atoms with Crippen LogP contribution < -0.4 is 10.5 Å². The van der Waals surface area contributed by atoms with Gasteiger partial charge in [-0.2, -0.15) is 0 Å². The first-order chi connectivity index (χ1) is 14.4. The molecule has 0 aromatic heterocycles. The van der Waals surface area contributed by atoms with Gasteiger partial charge >= 0.3 is 0 Å². The van der Waals surface area contributed by atoms with Gasteiger partial charge in [0.15, 0.2) is 6.61 Å². The van der Waals surface area contributed by atoms with Gasteiger partial charge in [-0.05, 0) is 80.2 Å². The van der Waals surface area contributed by atoms with Crippen LogP contribution in [0.15, 0.2) is 48.5 Å². The second-order valence-corrected chi connectivity index (χ2v) is 8.74. The second-order valence-electron chi connectivity index (χ2n) is 8.74. The average Bonchev–Trinajstić information content (AvgIpc) is 2.73. The zero-order valence-corrected chi connectivity index (χ0v) is 17.5. The van der Waals surface area contributed by atoms with E-state index in [1.807, 2.05) is 12.1 Å². The third kappa shape index (κ3) is 3.95. The number of carbonyl (C=O) groups excluding carboxylic acids is 1. The van der Waals surface area contributed by atoms with E-state index < -0.39 is 11.5 Å². The van der Waals surface area contributed by atoms with Crippen LogP contribution in [0.2, 0.25) is 0 Å². The third-order valence-electron chi connectivity index (χ3n) is 6.83. The third-order valence-corrected chi connectivity index (χ3v) is 6.83. The second kappa shape index (κ2) is 8.16. The molecule has 0 heterocycles. The zero-order valence-electron chi connectivity index (χ0n) is 17.5. The fraction of sp³-hybridized carbons (Fsp3) is 0.423. The molecule has 1 amide bonds. The smallest absolute Gasteiger partial charge is 0.255 e. The summed E-state index contributed by atoms with van der Waals surface area (Å²) in [6, 6.07) is 16.8. The number of benzene rings is 2. The Morgan fingerprint density at radius 1 is 1.23 bits per heavy atom. The molecular weight excluding hydrogens is 374 g/mol. The molecule has 3 atom stereocenters. The zero-order chi connectivity index (χ0) is 21.2. The Hall–Kier alpha value is -2.77. The lowest BCUT2D eigenvalue weighted by atomic mass is 9.52. The first-order valence-electron chi connectivity index (χ1n) is 10.7. The van der Waals surface area contributed by atoms with Gasteiger partial charge in [0.2, 0.25) is 0 Å². The molecule has 3 N–H and O–H groups in total. The molecule has 0 spiro atoms. The van der Waals surface area contributed by atoms with E-state index in [2.05, 4.69) is 48.2 Å². The van der Waals surface area contributed by atoms with Crippen molar-refractivity contribution in [3.05, 3.63) is 65.2 Å². The number of primary amides is 1. The standard InChI is InChI=1S/C26H29NO3/c1-2-12-25(29)13-14-26(16-19-6-4-3-5-7-19)21(17-25)9-8-20-15-22(10-11-23(20)26)30-18-24(27)28/h3-7,10-11,15,21,29H,8-9,13-14,16-18H2,1H3,(H2,27,28)/t21-,25-,26+/m1/s1. The number of hydrogen-bond acceptors (Lipinski definition) is 3. The Labute approximate surface area is 178 Å². The molecule has 0 unspecified atom stereocenters. The summed E-state index contributed by atoms with van der Waals surface area (Å²) < 4.78 is 5.55. The highest BCUT2D eigenvalue weighted by molar-refractivity contribution is 5.75. The molecule has 4 rings (SSSR count). The van der Waals surface area contributed by atoms with Gasteiger partial charge in [-0.15, -0.1) is 5.92 Å². The minimum Gasteiger partial charge on any atom is -0.484 e. The molecule has 0 saturated heterocycles. The number of nitrogens with two attached hydrogens (primary N) is 1. The maximum atomic E-state index is 11.1. The summed E-state index contributed by atoms with van der Waals surface area (Å²) >= 11 is 0. The average molecular weight is 404 g/mol. The van der Waals surface area contributed by atoms with Crippen molar-refractivity contribution >= 4 is 5.91 Å². The van der Waals surface area contributed by atoms with E-state index in [9.17, 15) is 9.90 Å². The van der Waals surface area contributed by atoms with E-state index in [1.165, 1.54) is 16.7 Å². The van der Waals surface area contributed by atoms with E-state index in [0.29, 0.717) is 24.5 Å². The Morgan fingerprint density at radius 3 is 2.77 bits per heavy atom. The Balaban J connectivity index is 1.72. The van der Waals surface area contributed by atoms with Crippen LogP contribution >= 0.6 is 0 Å². The number of amides is 1. The fourth-order valence-corrected chi connectivity index (χ4v) is 5.54. The van der Waals surface area contributed by atoms with Crippen LogP contribution in [0.25, 0.3) is 0 Å².